The van der Waals surface area contributed by atoms with Crippen molar-refractivity contribution in [3.05, 3.63) is 29.8 Å². The third-order valence-corrected chi connectivity index (χ3v) is 6.93. The van der Waals surface area contributed by atoms with Gasteiger partial charge in [-0.05, 0) is 49.8 Å². The Morgan fingerprint density at radius 3 is 2.48 bits per heavy atom. The van der Waals surface area contributed by atoms with Crippen LogP contribution in [-0.4, -0.2) is 58.4 Å². The molecule has 2 aliphatic heterocycles. The molecule has 148 valence electrons. The number of nitrogens with one attached hydrogen (secondary N) is 1. The number of piperidine rings is 1. The highest BCUT2D eigenvalue weighted by molar-refractivity contribution is 7.89. The van der Waals surface area contributed by atoms with E-state index in [1.807, 2.05) is 0 Å². The smallest absolute Gasteiger partial charge is 0.253 e. The molecule has 0 atom stereocenters. The first-order valence-electron chi connectivity index (χ1n) is 9.65. The molecule has 1 amide bonds. The second kappa shape index (κ2) is 7.87. The summed E-state index contributed by atoms with van der Waals surface area (Å²) < 4.78 is 38.7. The molecule has 7 nitrogen and oxygen atoms in total. The lowest BCUT2D eigenvalue weighted by atomic mass is 9.95. The van der Waals surface area contributed by atoms with Crippen LogP contribution in [0.25, 0.3) is 0 Å². The monoisotopic (exact) mass is 394 g/mol. The highest BCUT2D eigenvalue weighted by Gasteiger charge is 2.32. The van der Waals surface area contributed by atoms with Gasteiger partial charge in [0.2, 0.25) is 10.0 Å². The van der Waals surface area contributed by atoms with Crippen molar-refractivity contribution in [2.24, 2.45) is 11.8 Å². The van der Waals surface area contributed by atoms with E-state index in [0.717, 1.165) is 25.7 Å². The van der Waals surface area contributed by atoms with Gasteiger partial charge >= 0.3 is 0 Å². The number of rotatable bonds is 6. The zero-order chi connectivity index (χ0) is 18.9. The predicted molar refractivity (Wildman–Crippen MR) is 98.7 cm³/mol. The van der Waals surface area contributed by atoms with E-state index in [9.17, 15) is 13.2 Å². The van der Waals surface area contributed by atoms with Crippen LogP contribution in [-0.2, 0) is 19.5 Å². The molecule has 3 fully saturated rings. The minimum atomic E-state index is -3.58. The molecule has 1 saturated carbocycles. The molecule has 1 N–H and O–H groups in total. The van der Waals surface area contributed by atoms with Crippen molar-refractivity contribution in [2.75, 3.05) is 32.8 Å². The molecule has 2 heterocycles. The summed E-state index contributed by atoms with van der Waals surface area (Å²) in [5, 5.41) is 0. The van der Waals surface area contributed by atoms with Crippen LogP contribution in [0, 0.1) is 11.8 Å². The second-order valence-electron chi connectivity index (χ2n) is 7.56. The van der Waals surface area contributed by atoms with Crippen LogP contribution in [0.1, 0.15) is 36.0 Å². The van der Waals surface area contributed by atoms with Crippen LogP contribution in [0.2, 0.25) is 0 Å². The molecule has 0 spiro atoms. The molecule has 1 aliphatic carbocycles. The number of benzene rings is 1. The molecule has 0 aromatic heterocycles. The molecule has 3 aliphatic rings. The summed E-state index contributed by atoms with van der Waals surface area (Å²) >= 11 is 0. The number of nitrogens with zero attached hydrogens (tertiary/aromatic N) is 1. The molecule has 1 aromatic carbocycles. The first kappa shape index (κ1) is 18.9. The van der Waals surface area contributed by atoms with Gasteiger partial charge in [-0.25, -0.2) is 13.1 Å². The van der Waals surface area contributed by atoms with Gasteiger partial charge in [0, 0.05) is 31.1 Å². The topological polar surface area (TPSA) is 84.9 Å². The van der Waals surface area contributed by atoms with E-state index >= 15 is 0 Å². The van der Waals surface area contributed by atoms with Crippen molar-refractivity contribution in [2.45, 2.75) is 36.9 Å². The van der Waals surface area contributed by atoms with Gasteiger partial charge in [0.05, 0.1) is 18.1 Å². The number of amides is 1. The maximum absolute atomic E-state index is 12.8. The van der Waals surface area contributed by atoms with E-state index in [1.54, 1.807) is 17.0 Å². The van der Waals surface area contributed by atoms with E-state index in [-0.39, 0.29) is 17.1 Å². The summed E-state index contributed by atoms with van der Waals surface area (Å²) in [4.78, 5) is 14.8. The molecule has 0 unspecified atom stereocenters. The Balaban J connectivity index is 1.38. The van der Waals surface area contributed by atoms with Gasteiger partial charge in [-0.15, -0.1) is 0 Å². The van der Waals surface area contributed by atoms with Crippen molar-refractivity contribution in [1.82, 2.24) is 9.62 Å². The molecule has 1 aromatic rings. The fourth-order valence-electron chi connectivity index (χ4n) is 3.64. The maximum atomic E-state index is 12.8. The zero-order valence-corrected chi connectivity index (χ0v) is 16.1. The van der Waals surface area contributed by atoms with E-state index in [2.05, 4.69) is 4.72 Å². The van der Waals surface area contributed by atoms with Gasteiger partial charge < -0.3 is 14.4 Å². The van der Waals surface area contributed by atoms with Gasteiger partial charge in [0.25, 0.3) is 5.91 Å². The summed E-state index contributed by atoms with van der Waals surface area (Å²) in [7, 11) is -3.58. The van der Waals surface area contributed by atoms with Gasteiger partial charge in [0.15, 0.2) is 6.29 Å². The number of carbonyl (C=O) groups is 1. The predicted octanol–water partition coefficient (Wildman–Crippen LogP) is 1.60. The lowest BCUT2D eigenvalue weighted by Crippen LogP contribution is -2.41. The van der Waals surface area contributed by atoms with Crippen LogP contribution in [0.5, 0.6) is 0 Å². The number of carbonyl (C=O) groups excluding carboxylic acids is 1. The van der Waals surface area contributed by atoms with Crippen LogP contribution >= 0.6 is 0 Å². The molecular weight excluding hydrogens is 368 g/mol. The Morgan fingerprint density at radius 1 is 1.11 bits per heavy atom. The molecule has 2 saturated heterocycles. The van der Waals surface area contributed by atoms with Crippen molar-refractivity contribution in [3.63, 3.8) is 0 Å². The molecule has 27 heavy (non-hydrogen) atoms. The van der Waals surface area contributed by atoms with E-state index in [0.29, 0.717) is 50.2 Å². The Bertz CT molecular complexity index is 779. The summed E-state index contributed by atoms with van der Waals surface area (Å²) in [6, 6.07) is 6.32. The number of hydrogen-bond acceptors (Lipinski definition) is 5. The highest BCUT2D eigenvalue weighted by Crippen LogP contribution is 2.29. The lowest BCUT2D eigenvalue weighted by molar-refractivity contribution is -0.0956. The Labute approximate surface area is 160 Å². The van der Waals surface area contributed by atoms with Crippen molar-refractivity contribution in [3.8, 4) is 0 Å². The second-order valence-corrected chi connectivity index (χ2v) is 9.33. The van der Waals surface area contributed by atoms with E-state index < -0.39 is 10.0 Å². The fraction of sp³-hybridized carbons (Fsp3) is 0.632. The van der Waals surface area contributed by atoms with Gasteiger partial charge in [-0.3, -0.25) is 4.79 Å². The number of ether oxygens (including phenoxy) is 2. The fourth-order valence-corrected chi connectivity index (χ4v) is 4.80. The molecule has 0 bridgehead atoms. The Morgan fingerprint density at radius 2 is 1.81 bits per heavy atom. The Hall–Kier alpha value is -1.48. The molecule has 4 rings (SSSR count). The SMILES string of the molecule is O=C(c1cccc(S(=O)(=O)NCC2CC2)c1)N1CCC(C2OCCO2)CC1. The standard InChI is InChI=1S/C19H26N2O5S/c22-18(21-8-6-15(7-9-21)19-25-10-11-26-19)16-2-1-3-17(12-16)27(23,24)20-13-14-4-5-14/h1-3,12,14-15,19-20H,4-11,13H2. The van der Waals surface area contributed by atoms with E-state index in [4.69, 9.17) is 9.47 Å². The lowest BCUT2D eigenvalue weighted by Gasteiger charge is -2.34. The quantitative estimate of drug-likeness (QED) is 0.792. The van der Waals surface area contributed by atoms with Crippen LogP contribution in [0.3, 0.4) is 0 Å². The number of sulfonamides is 1. The minimum Gasteiger partial charge on any atom is -0.350 e. The maximum Gasteiger partial charge on any atom is 0.253 e. The summed E-state index contributed by atoms with van der Waals surface area (Å²) in [6.45, 7) is 3.01. The third kappa shape index (κ3) is 4.51. The van der Waals surface area contributed by atoms with E-state index in [1.165, 1.54) is 12.1 Å². The van der Waals surface area contributed by atoms with Crippen molar-refractivity contribution in [1.29, 1.82) is 0 Å². The Kier molecular flexibility index (Phi) is 5.50. The summed E-state index contributed by atoms with van der Waals surface area (Å²) in [6.07, 6.45) is 3.67. The molecule has 8 heteroatoms. The van der Waals surface area contributed by atoms with Gasteiger partial charge in [-0.2, -0.15) is 0 Å². The first-order chi connectivity index (χ1) is 13.0. The number of likely N-dealkylation sites (tertiary alicyclic amines) is 1. The van der Waals surface area contributed by atoms with Crippen molar-refractivity contribution < 1.29 is 22.7 Å². The average molecular weight is 394 g/mol. The molecular formula is C19H26N2O5S. The number of hydrogen-bond donors (Lipinski definition) is 1. The van der Waals surface area contributed by atoms with Crippen LogP contribution < -0.4 is 4.72 Å². The summed E-state index contributed by atoms with van der Waals surface area (Å²) in [5.74, 6) is 0.648. The van der Waals surface area contributed by atoms with Gasteiger partial charge in [0.1, 0.15) is 0 Å². The van der Waals surface area contributed by atoms with Crippen molar-refractivity contribution >= 4 is 15.9 Å². The van der Waals surface area contributed by atoms with Gasteiger partial charge in [-0.1, -0.05) is 6.07 Å². The minimum absolute atomic E-state index is 0.124. The van der Waals surface area contributed by atoms with Crippen LogP contribution in [0.4, 0.5) is 0 Å². The summed E-state index contributed by atoms with van der Waals surface area (Å²) in [5.41, 5.74) is 0.413. The molecule has 0 radical (unpaired) electrons. The third-order valence-electron chi connectivity index (χ3n) is 5.51. The first-order valence-corrected chi connectivity index (χ1v) is 11.1. The van der Waals surface area contributed by atoms with Crippen LogP contribution in [0.15, 0.2) is 29.2 Å². The normalized spacial score (nSPS) is 22.3. The largest absolute Gasteiger partial charge is 0.350 e. The average Bonchev–Trinajstić information content (AvgIpc) is 3.37. The zero-order valence-electron chi connectivity index (χ0n) is 15.3. The highest BCUT2D eigenvalue weighted by atomic mass is 32.2.